The number of benzene rings is 2. The highest BCUT2D eigenvalue weighted by Gasteiger charge is 1.95. The topological polar surface area (TPSA) is 40.5 Å². The van der Waals surface area contributed by atoms with Crippen LogP contribution in [0.15, 0.2) is 36.4 Å². The zero-order valence-electron chi connectivity index (χ0n) is 14.1. The van der Waals surface area contributed by atoms with Crippen LogP contribution in [0.1, 0.15) is 42.5 Å². The van der Waals surface area contributed by atoms with Crippen molar-refractivity contribution in [1.82, 2.24) is 0 Å². The first-order chi connectivity index (χ1) is 9.84. The number of hydrogen-bond acceptors (Lipinski definition) is 2. The van der Waals surface area contributed by atoms with E-state index in [2.05, 4.69) is 13.8 Å². The van der Waals surface area contributed by atoms with Gasteiger partial charge < -0.3 is 10.2 Å². The first kappa shape index (κ1) is 19.0. The fraction of sp³-hybridized carbons (Fsp3) is 0.368. The maximum atomic E-state index is 9.21. The molecule has 0 aliphatic carbocycles. The molecule has 2 heteroatoms. The molecule has 0 fully saturated rings. The van der Waals surface area contributed by atoms with Gasteiger partial charge in [0.2, 0.25) is 0 Å². The van der Waals surface area contributed by atoms with Crippen LogP contribution in [0.4, 0.5) is 0 Å². The fourth-order valence-electron chi connectivity index (χ4n) is 1.61. The third-order valence-corrected chi connectivity index (χ3v) is 2.88. The van der Waals surface area contributed by atoms with Crippen LogP contribution in [0.3, 0.4) is 0 Å². The molecule has 0 saturated carbocycles. The lowest BCUT2D eigenvalue weighted by Gasteiger charge is -1.99. The third-order valence-electron chi connectivity index (χ3n) is 2.88. The van der Waals surface area contributed by atoms with Gasteiger partial charge in [-0.1, -0.05) is 56.7 Å². The van der Waals surface area contributed by atoms with Crippen molar-refractivity contribution >= 4 is 0 Å². The number of hydrogen-bond donors (Lipinski definition) is 2. The molecule has 0 amide bonds. The van der Waals surface area contributed by atoms with Crippen LogP contribution in [0.25, 0.3) is 0 Å². The average Bonchev–Trinajstić information content (AvgIpc) is 2.44. The van der Waals surface area contributed by atoms with Crippen molar-refractivity contribution in [3.05, 3.63) is 58.7 Å². The summed E-state index contributed by atoms with van der Waals surface area (Å²) in [6, 6.07) is 11.4. The minimum Gasteiger partial charge on any atom is -0.507 e. The van der Waals surface area contributed by atoms with Gasteiger partial charge >= 0.3 is 0 Å². The monoisotopic (exact) mass is 288 g/mol. The van der Waals surface area contributed by atoms with Crippen molar-refractivity contribution in [2.24, 2.45) is 0 Å². The van der Waals surface area contributed by atoms with E-state index in [0.29, 0.717) is 11.5 Å². The number of phenols is 2. The lowest BCUT2D eigenvalue weighted by Crippen LogP contribution is -1.76. The van der Waals surface area contributed by atoms with Crippen molar-refractivity contribution in [2.45, 2.75) is 48.0 Å². The van der Waals surface area contributed by atoms with E-state index in [1.807, 2.05) is 64.1 Å². The van der Waals surface area contributed by atoms with Crippen molar-refractivity contribution in [2.75, 3.05) is 0 Å². The van der Waals surface area contributed by atoms with Gasteiger partial charge in [0.15, 0.2) is 0 Å². The van der Waals surface area contributed by atoms with Gasteiger partial charge in [-0.05, 0) is 49.9 Å². The van der Waals surface area contributed by atoms with Crippen LogP contribution in [0.2, 0.25) is 0 Å². The summed E-state index contributed by atoms with van der Waals surface area (Å²) >= 11 is 0. The molecule has 2 aromatic rings. The Morgan fingerprint density at radius 1 is 0.619 bits per heavy atom. The van der Waals surface area contributed by atoms with E-state index < -0.39 is 0 Å². The van der Waals surface area contributed by atoms with E-state index in [9.17, 15) is 10.2 Å². The van der Waals surface area contributed by atoms with Gasteiger partial charge in [0.05, 0.1) is 0 Å². The average molecular weight is 288 g/mol. The molecule has 0 radical (unpaired) electrons. The van der Waals surface area contributed by atoms with Crippen LogP contribution in [-0.4, -0.2) is 10.2 Å². The third kappa shape index (κ3) is 6.84. The molecule has 116 valence electrons. The molecule has 0 atom stereocenters. The molecule has 0 heterocycles. The summed E-state index contributed by atoms with van der Waals surface area (Å²) in [6.45, 7) is 11.8. The SMILES string of the molecule is CCC.Cc1cccc(C)c1O.Cc1cccc(C)c1O. The number of phenolic OH excluding ortho intramolecular Hbond substituents is 2. The highest BCUT2D eigenvalue weighted by Crippen LogP contribution is 2.19. The van der Waals surface area contributed by atoms with E-state index in [-0.39, 0.29) is 0 Å². The molecular weight excluding hydrogens is 260 g/mol. The van der Waals surface area contributed by atoms with Gasteiger partial charge in [-0.3, -0.25) is 0 Å². The predicted octanol–water partition coefficient (Wildman–Crippen LogP) is 5.43. The van der Waals surface area contributed by atoms with Gasteiger partial charge in [0.1, 0.15) is 11.5 Å². The summed E-state index contributed by atoms with van der Waals surface area (Å²) in [6.07, 6.45) is 1.25. The number of rotatable bonds is 0. The zero-order valence-corrected chi connectivity index (χ0v) is 14.1. The van der Waals surface area contributed by atoms with Crippen LogP contribution in [-0.2, 0) is 0 Å². The fourth-order valence-corrected chi connectivity index (χ4v) is 1.61. The standard InChI is InChI=1S/2C8H10O.C3H8/c2*1-6-4-3-5-7(2)8(6)9;1-3-2/h2*3-5,9H,1-2H3;3H2,1-2H3. The molecular formula is C19H28O2. The quantitative estimate of drug-likeness (QED) is 0.678. The number of aryl methyl sites for hydroxylation is 4. The second kappa shape index (κ2) is 9.87. The van der Waals surface area contributed by atoms with Crippen LogP contribution in [0, 0.1) is 27.7 Å². The van der Waals surface area contributed by atoms with E-state index in [4.69, 9.17) is 0 Å². The Morgan fingerprint density at radius 2 is 0.810 bits per heavy atom. The van der Waals surface area contributed by atoms with Crippen molar-refractivity contribution in [3.8, 4) is 11.5 Å². The maximum Gasteiger partial charge on any atom is 0.121 e. The molecule has 0 aromatic heterocycles. The molecule has 2 nitrogen and oxygen atoms in total. The van der Waals surface area contributed by atoms with E-state index in [1.54, 1.807) is 0 Å². The Hall–Kier alpha value is -1.96. The van der Waals surface area contributed by atoms with E-state index in [0.717, 1.165) is 22.3 Å². The number of para-hydroxylation sites is 2. The Bertz CT molecular complexity index is 455. The predicted molar refractivity (Wildman–Crippen MR) is 91.1 cm³/mol. The summed E-state index contributed by atoms with van der Waals surface area (Å²) in [4.78, 5) is 0. The van der Waals surface area contributed by atoms with Crippen molar-refractivity contribution in [3.63, 3.8) is 0 Å². The smallest absolute Gasteiger partial charge is 0.121 e. The first-order valence-electron chi connectivity index (χ1n) is 7.35. The minimum absolute atomic E-state index is 0.414. The highest BCUT2D eigenvalue weighted by molar-refractivity contribution is 5.38. The second-order valence-corrected chi connectivity index (χ2v) is 5.19. The van der Waals surface area contributed by atoms with Gasteiger partial charge in [0.25, 0.3) is 0 Å². The summed E-state index contributed by atoms with van der Waals surface area (Å²) in [7, 11) is 0. The molecule has 0 saturated heterocycles. The molecule has 2 N–H and O–H groups in total. The van der Waals surface area contributed by atoms with E-state index >= 15 is 0 Å². The molecule has 0 aliphatic heterocycles. The largest absolute Gasteiger partial charge is 0.507 e. The molecule has 0 aliphatic rings. The molecule has 0 spiro atoms. The van der Waals surface area contributed by atoms with Crippen LogP contribution in [0.5, 0.6) is 11.5 Å². The maximum absolute atomic E-state index is 9.21. The first-order valence-corrected chi connectivity index (χ1v) is 7.35. The summed E-state index contributed by atoms with van der Waals surface area (Å²) < 4.78 is 0. The van der Waals surface area contributed by atoms with Gasteiger partial charge in [-0.2, -0.15) is 0 Å². The second-order valence-electron chi connectivity index (χ2n) is 5.19. The van der Waals surface area contributed by atoms with Gasteiger partial charge in [0, 0.05) is 0 Å². The summed E-state index contributed by atoms with van der Waals surface area (Å²) in [5, 5.41) is 18.4. The molecule has 21 heavy (non-hydrogen) atoms. The Labute approximate surface area is 129 Å². The van der Waals surface area contributed by atoms with Crippen molar-refractivity contribution in [1.29, 1.82) is 0 Å². The Balaban J connectivity index is 0.000000322. The number of aromatic hydroxyl groups is 2. The summed E-state index contributed by atoms with van der Waals surface area (Å²) in [5.41, 5.74) is 3.76. The van der Waals surface area contributed by atoms with Crippen molar-refractivity contribution < 1.29 is 10.2 Å². The normalized spacial score (nSPS) is 9.05. The van der Waals surface area contributed by atoms with Gasteiger partial charge in [-0.25, -0.2) is 0 Å². The molecule has 0 bridgehead atoms. The Kier molecular flexibility index (Phi) is 8.95. The highest BCUT2D eigenvalue weighted by atomic mass is 16.3. The lowest BCUT2D eigenvalue weighted by atomic mass is 10.1. The zero-order chi connectivity index (χ0) is 16.4. The minimum atomic E-state index is 0.414. The lowest BCUT2D eigenvalue weighted by molar-refractivity contribution is 0.466. The molecule has 2 rings (SSSR count). The molecule has 0 unspecified atom stereocenters. The van der Waals surface area contributed by atoms with Crippen LogP contribution < -0.4 is 0 Å². The Morgan fingerprint density at radius 3 is 0.952 bits per heavy atom. The van der Waals surface area contributed by atoms with E-state index in [1.165, 1.54) is 6.42 Å². The van der Waals surface area contributed by atoms with Gasteiger partial charge in [-0.15, -0.1) is 0 Å². The molecule has 2 aromatic carbocycles. The van der Waals surface area contributed by atoms with Crippen LogP contribution >= 0.6 is 0 Å². The summed E-state index contributed by atoms with van der Waals surface area (Å²) in [5.74, 6) is 0.829.